The van der Waals surface area contributed by atoms with Crippen LogP contribution in [0.3, 0.4) is 0 Å². The number of aromatic nitrogens is 5. The molecule has 4 heterocycles. The van der Waals surface area contributed by atoms with E-state index in [9.17, 15) is 0 Å². The van der Waals surface area contributed by atoms with Crippen LogP contribution in [0.2, 0.25) is 0 Å². The number of hydrogen-bond acceptors (Lipinski definition) is 6. The summed E-state index contributed by atoms with van der Waals surface area (Å²) in [6.07, 6.45) is 3.44. The van der Waals surface area contributed by atoms with Crippen molar-refractivity contribution in [3.05, 3.63) is 30.7 Å². The highest BCUT2D eigenvalue weighted by atomic mass is 16.4. The molecular formula is C14H12N6O. The molecule has 0 fully saturated rings. The Morgan fingerprint density at radius 3 is 2.81 bits per heavy atom. The molecule has 0 spiro atoms. The van der Waals surface area contributed by atoms with Crippen molar-refractivity contribution in [2.24, 2.45) is 7.05 Å². The first-order valence-electron chi connectivity index (χ1n) is 6.48. The molecule has 0 saturated carbocycles. The van der Waals surface area contributed by atoms with E-state index in [0.29, 0.717) is 28.6 Å². The van der Waals surface area contributed by atoms with E-state index in [0.717, 1.165) is 11.0 Å². The van der Waals surface area contributed by atoms with Crippen molar-refractivity contribution in [3.63, 3.8) is 0 Å². The molecule has 4 rings (SSSR count). The summed E-state index contributed by atoms with van der Waals surface area (Å²) in [5, 5.41) is 3.03. The van der Waals surface area contributed by atoms with Crippen LogP contribution in [0.5, 0.6) is 0 Å². The highest BCUT2D eigenvalue weighted by Crippen LogP contribution is 2.30. The molecule has 104 valence electrons. The summed E-state index contributed by atoms with van der Waals surface area (Å²) in [5.74, 6) is 1.12. The Balaban J connectivity index is 2.07. The van der Waals surface area contributed by atoms with Crippen LogP contribution in [-0.2, 0) is 7.05 Å². The lowest BCUT2D eigenvalue weighted by Crippen LogP contribution is -1.95. The number of aryl methyl sites for hydroxylation is 1. The van der Waals surface area contributed by atoms with Crippen LogP contribution >= 0.6 is 0 Å². The van der Waals surface area contributed by atoms with Gasteiger partial charge in [-0.05, 0) is 12.1 Å². The summed E-state index contributed by atoms with van der Waals surface area (Å²) in [6.45, 7) is 0. The van der Waals surface area contributed by atoms with Gasteiger partial charge in [-0.3, -0.25) is 4.98 Å². The predicted octanol–water partition coefficient (Wildman–Crippen LogP) is 2.21. The Morgan fingerprint density at radius 1 is 1.14 bits per heavy atom. The quantitative estimate of drug-likeness (QED) is 0.606. The zero-order chi connectivity index (χ0) is 14.4. The molecule has 4 aromatic rings. The molecule has 0 saturated heterocycles. The fourth-order valence-corrected chi connectivity index (χ4v) is 2.35. The van der Waals surface area contributed by atoms with E-state index in [-0.39, 0.29) is 0 Å². The van der Waals surface area contributed by atoms with Gasteiger partial charge in [0, 0.05) is 20.3 Å². The third kappa shape index (κ3) is 1.67. The Morgan fingerprint density at radius 2 is 2.05 bits per heavy atom. The van der Waals surface area contributed by atoms with E-state index >= 15 is 0 Å². The average Bonchev–Trinajstić information content (AvgIpc) is 3.11. The molecule has 7 nitrogen and oxygen atoms in total. The van der Waals surface area contributed by atoms with Gasteiger partial charge in [-0.2, -0.15) is 4.98 Å². The second kappa shape index (κ2) is 4.27. The Labute approximate surface area is 119 Å². The summed E-state index contributed by atoms with van der Waals surface area (Å²) in [6, 6.07) is 5.59. The second-order valence-electron chi connectivity index (χ2n) is 4.65. The van der Waals surface area contributed by atoms with E-state index in [1.165, 1.54) is 0 Å². The van der Waals surface area contributed by atoms with E-state index in [2.05, 4.69) is 25.3 Å². The SMILES string of the molecule is CNc1nc2oc(-c3ccccn3)nc2c2c1ncn2C. The number of rotatable bonds is 2. The third-order valence-electron chi connectivity index (χ3n) is 3.33. The first-order valence-corrected chi connectivity index (χ1v) is 6.48. The maximum Gasteiger partial charge on any atom is 0.251 e. The maximum absolute atomic E-state index is 5.76. The minimum absolute atomic E-state index is 0.453. The van der Waals surface area contributed by atoms with Crippen LogP contribution in [0.25, 0.3) is 33.8 Å². The zero-order valence-corrected chi connectivity index (χ0v) is 11.5. The van der Waals surface area contributed by atoms with Crippen LogP contribution in [0.1, 0.15) is 0 Å². The highest BCUT2D eigenvalue weighted by Gasteiger charge is 2.18. The number of hydrogen-bond donors (Lipinski definition) is 1. The van der Waals surface area contributed by atoms with Gasteiger partial charge in [0.1, 0.15) is 16.7 Å². The molecular weight excluding hydrogens is 268 g/mol. The molecule has 21 heavy (non-hydrogen) atoms. The number of anilines is 1. The summed E-state index contributed by atoms with van der Waals surface area (Å²) >= 11 is 0. The Hall–Kier alpha value is -2.96. The Kier molecular flexibility index (Phi) is 2.41. The molecule has 0 aliphatic carbocycles. The number of imidazole rings is 1. The number of oxazole rings is 1. The lowest BCUT2D eigenvalue weighted by molar-refractivity contribution is 0.605. The second-order valence-corrected chi connectivity index (χ2v) is 4.65. The van der Waals surface area contributed by atoms with Crippen molar-refractivity contribution in [2.45, 2.75) is 0 Å². The van der Waals surface area contributed by atoms with Crippen LogP contribution < -0.4 is 5.32 Å². The number of fused-ring (bicyclic) bond motifs is 3. The first-order chi connectivity index (χ1) is 10.3. The van der Waals surface area contributed by atoms with Gasteiger partial charge < -0.3 is 14.3 Å². The fraction of sp³-hybridized carbons (Fsp3) is 0.143. The number of pyridine rings is 2. The van der Waals surface area contributed by atoms with E-state index in [1.807, 2.05) is 29.8 Å². The molecule has 0 aliphatic rings. The van der Waals surface area contributed by atoms with Gasteiger partial charge in [-0.25, -0.2) is 9.97 Å². The van der Waals surface area contributed by atoms with Crippen molar-refractivity contribution in [3.8, 4) is 11.6 Å². The fourth-order valence-electron chi connectivity index (χ4n) is 2.35. The highest BCUT2D eigenvalue weighted by molar-refractivity contribution is 6.03. The summed E-state index contributed by atoms with van der Waals surface area (Å²) in [5.41, 5.74) is 3.49. The summed E-state index contributed by atoms with van der Waals surface area (Å²) in [4.78, 5) is 17.6. The predicted molar refractivity (Wildman–Crippen MR) is 78.9 cm³/mol. The van der Waals surface area contributed by atoms with Crippen LogP contribution in [0, 0.1) is 0 Å². The van der Waals surface area contributed by atoms with Crippen molar-refractivity contribution in [1.29, 1.82) is 0 Å². The molecule has 7 heteroatoms. The molecule has 4 aromatic heterocycles. The average molecular weight is 280 g/mol. The van der Waals surface area contributed by atoms with Gasteiger partial charge in [0.2, 0.25) is 5.89 Å². The molecule has 0 bridgehead atoms. The van der Waals surface area contributed by atoms with Crippen molar-refractivity contribution in [2.75, 3.05) is 12.4 Å². The van der Waals surface area contributed by atoms with E-state index in [1.54, 1.807) is 19.6 Å². The van der Waals surface area contributed by atoms with Gasteiger partial charge in [-0.15, -0.1) is 0 Å². The molecule has 0 atom stereocenters. The summed E-state index contributed by atoms with van der Waals surface area (Å²) < 4.78 is 7.67. The van der Waals surface area contributed by atoms with Gasteiger partial charge >= 0.3 is 0 Å². The van der Waals surface area contributed by atoms with Gasteiger partial charge in [0.25, 0.3) is 5.71 Å². The lowest BCUT2D eigenvalue weighted by Gasteiger charge is -2.00. The standard InChI is InChI=1S/C14H12N6O/c1-15-12-9-11(20(2)7-17-9)10-14(19-12)21-13(18-10)8-5-3-4-6-16-8/h3-7H,1-2H3,(H,15,19). The molecule has 0 amide bonds. The molecule has 0 radical (unpaired) electrons. The third-order valence-corrected chi connectivity index (χ3v) is 3.33. The largest absolute Gasteiger partial charge is 0.416 e. The van der Waals surface area contributed by atoms with Gasteiger partial charge in [0.15, 0.2) is 11.3 Å². The topological polar surface area (TPSA) is 81.7 Å². The van der Waals surface area contributed by atoms with E-state index in [4.69, 9.17) is 4.42 Å². The maximum atomic E-state index is 5.76. The minimum Gasteiger partial charge on any atom is -0.416 e. The van der Waals surface area contributed by atoms with Crippen LogP contribution in [0.4, 0.5) is 5.82 Å². The normalized spacial score (nSPS) is 11.3. The van der Waals surface area contributed by atoms with Crippen LogP contribution in [0.15, 0.2) is 35.1 Å². The molecule has 0 aliphatic heterocycles. The van der Waals surface area contributed by atoms with E-state index < -0.39 is 0 Å². The van der Waals surface area contributed by atoms with Crippen LogP contribution in [-0.4, -0.2) is 31.6 Å². The van der Waals surface area contributed by atoms with Gasteiger partial charge in [-0.1, -0.05) is 6.07 Å². The molecule has 0 aromatic carbocycles. The Bertz CT molecular complexity index is 940. The zero-order valence-electron chi connectivity index (χ0n) is 11.5. The van der Waals surface area contributed by atoms with Crippen molar-refractivity contribution < 1.29 is 4.42 Å². The lowest BCUT2D eigenvalue weighted by atomic mass is 10.3. The molecule has 0 unspecified atom stereocenters. The smallest absolute Gasteiger partial charge is 0.251 e. The monoisotopic (exact) mass is 280 g/mol. The number of nitrogens with zero attached hydrogens (tertiary/aromatic N) is 5. The first kappa shape index (κ1) is 11.8. The van der Waals surface area contributed by atoms with Crippen molar-refractivity contribution >= 4 is 28.1 Å². The molecule has 1 N–H and O–H groups in total. The van der Waals surface area contributed by atoms with Crippen molar-refractivity contribution in [1.82, 2.24) is 24.5 Å². The number of nitrogens with one attached hydrogen (secondary N) is 1. The summed E-state index contributed by atoms with van der Waals surface area (Å²) in [7, 11) is 3.72. The van der Waals surface area contributed by atoms with Gasteiger partial charge in [0.05, 0.1) is 6.33 Å². The minimum atomic E-state index is 0.453.